The lowest BCUT2D eigenvalue weighted by molar-refractivity contribution is -0.247. The average molecular weight is 555 g/mol. The molecular formula is C28H26O12. The van der Waals surface area contributed by atoms with Crippen molar-refractivity contribution >= 4 is 22.7 Å². The molecule has 4 atom stereocenters. The van der Waals surface area contributed by atoms with E-state index < -0.39 is 36.5 Å². The quantitative estimate of drug-likeness (QED) is 0.431. The molecule has 40 heavy (non-hydrogen) atoms. The van der Waals surface area contributed by atoms with E-state index >= 15 is 0 Å². The highest BCUT2D eigenvalue weighted by Crippen LogP contribution is 2.49. The van der Waals surface area contributed by atoms with E-state index in [9.17, 15) is 19.8 Å². The van der Waals surface area contributed by atoms with Crippen LogP contribution in [0, 0.1) is 0 Å². The lowest BCUT2D eigenvalue weighted by atomic mass is 9.89. The summed E-state index contributed by atoms with van der Waals surface area (Å²) in [6, 6.07) is 8.76. The predicted octanol–water partition coefficient (Wildman–Crippen LogP) is 2.31. The van der Waals surface area contributed by atoms with Crippen LogP contribution in [0.15, 0.2) is 30.3 Å². The predicted molar refractivity (Wildman–Crippen MR) is 136 cm³/mol. The van der Waals surface area contributed by atoms with Crippen LogP contribution in [-0.4, -0.2) is 74.4 Å². The Morgan fingerprint density at radius 1 is 0.925 bits per heavy atom. The highest BCUT2D eigenvalue weighted by atomic mass is 16.7. The van der Waals surface area contributed by atoms with Crippen molar-refractivity contribution in [1.82, 2.24) is 0 Å². The fourth-order valence-corrected chi connectivity index (χ4v) is 5.20. The summed E-state index contributed by atoms with van der Waals surface area (Å²) in [6.45, 7) is 0.958. The van der Waals surface area contributed by atoms with Gasteiger partial charge in [0.25, 0.3) is 0 Å². The molecule has 1 fully saturated rings. The lowest BCUT2D eigenvalue weighted by Crippen LogP contribution is -2.56. The maximum Gasteiger partial charge on any atom is 0.339 e. The van der Waals surface area contributed by atoms with E-state index in [0.717, 1.165) is 0 Å². The topological polar surface area (TPSA) is 148 Å². The zero-order chi connectivity index (χ0) is 28.1. The summed E-state index contributed by atoms with van der Waals surface area (Å²) in [7, 11) is 2.98. The van der Waals surface area contributed by atoms with Crippen molar-refractivity contribution in [2.24, 2.45) is 0 Å². The van der Waals surface area contributed by atoms with E-state index in [1.807, 2.05) is 6.07 Å². The Morgan fingerprint density at radius 2 is 1.65 bits per heavy atom. The van der Waals surface area contributed by atoms with Gasteiger partial charge in [0.15, 0.2) is 29.1 Å². The van der Waals surface area contributed by atoms with Gasteiger partial charge in [-0.15, -0.1) is 0 Å². The number of benzene rings is 3. The number of hydrogen-bond acceptors (Lipinski definition) is 12. The number of aliphatic hydroxyl groups is 2. The van der Waals surface area contributed by atoms with Crippen molar-refractivity contribution in [2.45, 2.75) is 38.1 Å². The summed E-state index contributed by atoms with van der Waals surface area (Å²) in [5, 5.41) is 22.5. The zero-order valence-corrected chi connectivity index (χ0v) is 21.8. The van der Waals surface area contributed by atoms with Crippen LogP contribution in [-0.2, 0) is 25.6 Å². The molecule has 6 rings (SSSR count). The Balaban J connectivity index is 1.53. The molecule has 3 aliphatic rings. The number of hydrogen-bond donors (Lipinski definition) is 2. The summed E-state index contributed by atoms with van der Waals surface area (Å²) in [4.78, 5) is 24.5. The number of carbonyl (C=O) groups excluding carboxylic acids is 2. The second-order valence-electron chi connectivity index (χ2n) is 9.40. The summed E-state index contributed by atoms with van der Waals surface area (Å²) >= 11 is 0. The maximum atomic E-state index is 13.2. The molecule has 2 N–H and O–H groups in total. The van der Waals surface area contributed by atoms with Crippen molar-refractivity contribution in [2.75, 3.05) is 27.6 Å². The molecule has 1 saturated heterocycles. The molecule has 0 spiro atoms. The van der Waals surface area contributed by atoms with Gasteiger partial charge in [0.1, 0.15) is 24.6 Å². The molecule has 0 bridgehead atoms. The highest BCUT2D eigenvalue weighted by Gasteiger charge is 2.43. The van der Waals surface area contributed by atoms with Crippen molar-refractivity contribution in [3.63, 3.8) is 0 Å². The standard InChI is InChI=1S/C28H26O12/c1-12(29)39-21-10-36-28(25(31)24(21)30)40-26-15-8-19(34-3)18(33-2)7-14(15)22(23-16(26)9-35-27(23)32)13-4-5-17-20(6-13)38-11-37-17/h4-8,21,24-25,28,30-31H,9-11H2,1-3H3/t21-,24-,25+,28-/m0/s1. The van der Waals surface area contributed by atoms with Gasteiger partial charge in [-0.25, -0.2) is 4.79 Å². The molecule has 0 aliphatic carbocycles. The molecule has 12 nitrogen and oxygen atoms in total. The Labute approximate surface area is 227 Å². The van der Waals surface area contributed by atoms with Crippen molar-refractivity contribution in [3.05, 3.63) is 41.5 Å². The Morgan fingerprint density at radius 3 is 2.38 bits per heavy atom. The van der Waals surface area contributed by atoms with Crippen LogP contribution < -0.4 is 23.7 Å². The number of esters is 2. The molecule has 0 radical (unpaired) electrons. The van der Waals surface area contributed by atoms with Crippen LogP contribution >= 0.6 is 0 Å². The van der Waals surface area contributed by atoms with Crippen molar-refractivity contribution < 1.29 is 57.7 Å². The number of fused-ring (bicyclic) bond motifs is 3. The number of carbonyl (C=O) groups is 2. The number of ether oxygens (including phenoxy) is 8. The molecule has 0 unspecified atom stereocenters. The second-order valence-corrected chi connectivity index (χ2v) is 9.40. The molecule has 210 valence electrons. The molecule has 3 aromatic carbocycles. The van der Waals surface area contributed by atoms with Crippen molar-refractivity contribution in [3.8, 4) is 39.9 Å². The minimum Gasteiger partial charge on any atom is -0.493 e. The number of aliphatic hydroxyl groups excluding tert-OH is 2. The van der Waals surface area contributed by atoms with Crippen molar-refractivity contribution in [1.29, 1.82) is 0 Å². The first-order valence-corrected chi connectivity index (χ1v) is 12.4. The second kappa shape index (κ2) is 10.0. The van der Waals surface area contributed by atoms with Gasteiger partial charge in [-0.2, -0.15) is 0 Å². The average Bonchev–Trinajstić information content (AvgIpc) is 3.58. The molecule has 3 heterocycles. The largest absolute Gasteiger partial charge is 0.493 e. The van der Waals surface area contributed by atoms with Gasteiger partial charge in [-0.3, -0.25) is 4.79 Å². The summed E-state index contributed by atoms with van der Waals surface area (Å²) in [5.41, 5.74) is 1.90. The fraction of sp³-hybridized carbons (Fsp3) is 0.357. The molecule has 3 aromatic rings. The number of rotatable bonds is 6. The number of cyclic esters (lactones) is 1. The first-order valence-electron chi connectivity index (χ1n) is 12.4. The maximum absolute atomic E-state index is 13.2. The summed E-state index contributed by atoms with van der Waals surface area (Å²) in [6.07, 6.45) is -5.47. The van der Waals surface area contributed by atoms with Crippen LogP contribution in [0.25, 0.3) is 21.9 Å². The monoisotopic (exact) mass is 554 g/mol. The first-order chi connectivity index (χ1) is 19.3. The Bertz CT molecular complexity index is 1520. The van der Waals surface area contributed by atoms with Gasteiger partial charge in [-0.05, 0) is 35.2 Å². The third-order valence-corrected chi connectivity index (χ3v) is 7.06. The van der Waals surface area contributed by atoms with Gasteiger partial charge >= 0.3 is 11.9 Å². The van der Waals surface area contributed by atoms with Gasteiger partial charge in [-0.1, -0.05) is 6.07 Å². The third kappa shape index (κ3) is 4.21. The minimum absolute atomic E-state index is 0.0887. The third-order valence-electron chi connectivity index (χ3n) is 7.06. The molecule has 0 aromatic heterocycles. The molecular weight excluding hydrogens is 528 g/mol. The molecule has 0 amide bonds. The Hall–Kier alpha value is -4.26. The fourth-order valence-electron chi connectivity index (χ4n) is 5.20. The van der Waals surface area contributed by atoms with E-state index in [1.54, 1.807) is 24.3 Å². The smallest absolute Gasteiger partial charge is 0.339 e. The van der Waals surface area contributed by atoms with Crippen LogP contribution in [0.2, 0.25) is 0 Å². The Kier molecular flexibility index (Phi) is 6.53. The van der Waals surface area contributed by atoms with Gasteiger partial charge < -0.3 is 48.1 Å². The van der Waals surface area contributed by atoms with E-state index in [0.29, 0.717) is 50.5 Å². The summed E-state index contributed by atoms with van der Waals surface area (Å²) < 4.78 is 44.5. The lowest BCUT2D eigenvalue weighted by Gasteiger charge is -2.37. The zero-order valence-electron chi connectivity index (χ0n) is 21.8. The SMILES string of the molecule is COc1cc2c(O[C@@H]3OC[C@H](OC(C)=O)[C@H](O)[C@H]3O)c3c(c(-c4ccc5c(c4)OCO5)c2cc1OC)C(=O)OC3. The number of methoxy groups -OCH3 is 2. The summed E-state index contributed by atoms with van der Waals surface area (Å²) in [5.74, 6) is 0.915. The van der Waals surface area contributed by atoms with Crippen LogP contribution in [0.5, 0.6) is 28.7 Å². The molecule has 0 saturated carbocycles. The molecule has 12 heteroatoms. The molecule has 3 aliphatic heterocycles. The van der Waals surface area contributed by atoms with E-state index in [1.165, 1.54) is 21.1 Å². The van der Waals surface area contributed by atoms with Gasteiger partial charge in [0, 0.05) is 23.4 Å². The van der Waals surface area contributed by atoms with E-state index in [-0.39, 0.29) is 31.3 Å². The van der Waals surface area contributed by atoms with Gasteiger partial charge in [0.2, 0.25) is 13.1 Å². The van der Waals surface area contributed by atoms with E-state index in [2.05, 4.69) is 0 Å². The van der Waals surface area contributed by atoms with Crippen LogP contribution in [0.1, 0.15) is 22.8 Å². The van der Waals surface area contributed by atoms with Crippen LogP contribution in [0.3, 0.4) is 0 Å². The van der Waals surface area contributed by atoms with Gasteiger partial charge in [0.05, 0.1) is 26.4 Å². The van der Waals surface area contributed by atoms with Crippen LogP contribution in [0.4, 0.5) is 0 Å². The first kappa shape index (κ1) is 26.0. The normalized spacial score (nSPS) is 23.0. The highest BCUT2D eigenvalue weighted by molar-refractivity contribution is 6.14. The minimum atomic E-state index is -1.57. The van der Waals surface area contributed by atoms with E-state index in [4.69, 9.17) is 37.9 Å².